The third-order valence-electron chi connectivity index (χ3n) is 1.87. The van der Waals surface area contributed by atoms with Gasteiger partial charge in [0.1, 0.15) is 5.01 Å². The van der Waals surface area contributed by atoms with Crippen molar-refractivity contribution in [2.24, 2.45) is 0 Å². The SMILES string of the molecule is Nc1ccccc1NCc1nccs1. The minimum Gasteiger partial charge on any atom is -0.397 e. The summed E-state index contributed by atoms with van der Waals surface area (Å²) in [6.07, 6.45) is 1.80. The highest BCUT2D eigenvalue weighted by Crippen LogP contribution is 2.17. The van der Waals surface area contributed by atoms with Gasteiger partial charge in [-0.2, -0.15) is 0 Å². The van der Waals surface area contributed by atoms with Crippen LogP contribution in [0.3, 0.4) is 0 Å². The van der Waals surface area contributed by atoms with Crippen LogP contribution >= 0.6 is 11.3 Å². The van der Waals surface area contributed by atoms with E-state index < -0.39 is 0 Å². The van der Waals surface area contributed by atoms with Crippen LogP contribution in [0.4, 0.5) is 11.4 Å². The van der Waals surface area contributed by atoms with E-state index in [1.54, 1.807) is 17.5 Å². The Hall–Kier alpha value is -1.55. The highest BCUT2D eigenvalue weighted by Gasteiger charge is 1.98. The van der Waals surface area contributed by atoms with Gasteiger partial charge < -0.3 is 11.1 Å². The summed E-state index contributed by atoms with van der Waals surface area (Å²) >= 11 is 1.63. The van der Waals surface area contributed by atoms with Gasteiger partial charge >= 0.3 is 0 Å². The summed E-state index contributed by atoms with van der Waals surface area (Å²) in [6.45, 7) is 0.728. The predicted molar refractivity (Wildman–Crippen MR) is 60.3 cm³/mol. The molecule has 0 unspecified atom stereocenters. The smallest absolute Gasteiger partial charge is 0.112 e. The molecular formula is C10H11N3S. The quantitative estimate of drug-likeness (QED) is 0.756. The molecule has 14 heavy (non-hydrogen) atoms. The Morgan fingerprint density at radius 1 is 1.36 bits per heavy atom. The van der Waals surface area contributed by atoms with E-state index in [-0.39, 0.29) is 0 Å². The van der Waals surface area contributed by atoms with E-state index in [0.29, 0.717) is 0 Å². The summed E-state index contributed by atoms with van der Waals surface area (Å²) in [4.78, 5) is 4.18. The van der Waals surface area contributed by atoms with Gasteiger partial charge in [0.05, 0.1) is 17.9 Å². The van der Waals surface area contributed by atoms with Crippen LogP contribution in [0.2, 0.25) is 0 Å². The molecule has 72 valence electrons. The van der Waals surface area contributed by atoms with E-state index in [1.165, 1.54) is 0 Å². The van der Waals surface area contributed by atoms with Crippen LogP contribution in [-0.2, 0) is 6.54 Å². The molecule has 0 saturated carbocycles. The van der Waals surface area contributed by atoms with Crippen molar-refractivity contribution in [1.82, 2.24) is 4.98 Å². The Bertz CT molecular complexity index is 398. The van der Waals surface area contributed by atoms with Crippen molar-refractivity contribution in [3.05, 3.63) is 40.8 Å². The molecule has 0 spiro atoms. The van der Waals surface area contributed by atoms with Crippen molar-refractivity contribution in [2.45, 2.75) is 6.54 Å². The van der Waals surface area contributed by atoms with Crippen LogP contribution in [-0.4, -0.2) is 4.98 Å². The fourth-order valence-corrected chi connectivity index (χ4v) is 1.73. The number of anilines is 2. The lowest BCUT2D eigenvalue weighted by Crippen LogP contribution is -2.01. The van der Waals surface area contributed by atoms with Gasteiger partial charge in [-0.3, -0.25) is 0 Å². The number of hydrogen-bond acceptors (Lipinski definition) is 4. The number of nitrogen functional groups attached to an aromatic ring is 1. The second kappa shape index (κ2) is 4.11. The third kappa shape index (κ3) is 2.03. The van der Waals surface area contributed by atoms with Crippen LogP contribution in [0, 0.1) is 0 Å². The zero-order chi connectivity index (χ0) is 9.80. The van der Waals surface area contributed by atoms with Crippen LogP contribution in [0.1, 0.15) is 5.01 Å². The Kier molecular flexibility index (Phi) is 2.65. The second-order valence-corrected chi connectivity index (χ2v) is 3.85. The summed E-state index contributed by atoms with van der Waals surface area (Å²) < 4.78 is 0. The first-order valence-electron chi connectivity index (χ1n) is 4.33. The molecule has 3 N–H and O–H groups in total. The fourth-order valence-electron chi connectivity index (χ4n) is 1.17. The van der Waals surface area contributed by atoms with E-state index in [9.17, 15) is 0 Å². The Morgan fingerprint density at radius 3 is 2.93 bits per heavy atom. The van der Waals surface area contributed by atoms with E-state index in [4.69, 9.17) is 5.73 Å². The average Bonchev–Trinajstić information content (AvgIpc) is 2.69. The lowest BCUT2D eigenvalue weighted by atomic mass is 10.3. The monoisotopic (exact) mass is 205 g/mol. The molecule has 1 aromatic carbocycles. The van der Waals surface area contributed by atoms with Gasteiger partial charge in [0.25, 0.3) is 0 Å². The van der Waals surface area contributed by atoms with Crippen molar-refractivity contribution in [1.29, 1.82) is 0 Å². The Balaban J connectivity index is 2.02. The molecule has 1 aromatic heterocycles. The number of hydrogen-bond donors (Lipinski definition) is 2. The Morgan fingerprint density at radius 2 is 2.21 bits per heavy atom. The number of nitrogens with zero attached hydrogens (tertiary/aromatic N) is 1. The van der Waals surface area contributed by atoms with Crippen molar-refractivity contribution >= 4 is 22.7 Å². The number of para-hydroxylation sites is 2. The van der Waals surface area contributed by atoms with Crippen LogP contribution in [0.5, 0.6) is 0 Å². The molecular weight excluding hydrogens is 194 g/mol. The maximum absolute atomic E-state index is 5.78. The number of aromatic nitrogens is 1. The molecule has 0 amide bonds. The van der Waals surface area contributed by atoms with E-state index in [0.717, 1.165) is 22.9 Å². The first kappa shape index (κ1) is 9.02. The summed E-state index contributed by atoms with van der Waals surface area (Å²) in [5.41, 5.74) is 7.51. The zero-order valence-electron chi connectivity index (χ0n) is 7.60. The molecule has 2 aromatic rings. The van der Waals surface area contributed by atoms with Crippen LogP contribution < -0.4 is 11.1 Å². The zero-order valence-corrected chi connectivity index (χ0v) is 8.42. The largest absolute Gasteiger partial charge is 0.397 e. The third-order valence-corrected chi connectivity index (χ3v) is 2.65. The molecule has 4 heteroatoms. The minimum absolute atomic E-state index is 0.728. The standard InChI is InChI=1S/C10H11N3S/c11-8-3-1-2-4-9(8)13-7-10-12-5-6-14-10/h1-6,13H,7,11H2. The topological polar surface area (TPSA) is 50.9 Å². The van der Waals surface area contributed by atoms with Crippen molar-refractivity contribution in [3.8, 4) is 0 Å². The maximum atomic E-state index is 5.78. The molecule has 0 atom stereocenters. The first-order chi connectivity index (χ1) is 6.86. The lowest BCUT2D eigenvalue weighted by molar-refractivity contribution is 1.10. The van der Waals surface area contributed by atoms with Crippen molar-refractivity contribution in [3.63, 3.8) is 0 Å². The normalized spacial score (nSPS) is 10.0. The molecule has 0 saturated heterocycles. The fraction of sp³-hybridized carbons (Fsp3) is 0.100. The van der Waals surface area contributed by atoms with Gasteiger partial charge in [-0.15, -0.1) is 11.3 Å². The molecule has 0 aliphatic carbocycles. The van der Waals surface area contributed by atoms with Gasteiger partial charge in [0.2, 0.25) is 0 Å². The van der Waals surface area contributed by atoms with Gasteiger partial charge in [-0.1, -0.05) is 12.1 Å². The first-order valence-corrected chi connectivity index (χ1v) is 5.21. The molecule has 0 bridgehead atoms. The number of thiazole rings is 1. The second-order valence-electron chi connectivity index (χ2n) is 2.87. The minimum atomic E-state index is 0.728. The van der Waals surface area contributed by atoms with Gasteiger partial charge in [-0.25, -0.2) is 4.98 Å². The van der Waals surface area contributed by atoms with Crippen molar-refractivity contribution < 1.29 is 0 Å². The summed E-state index contributed by atoms with van der Waals surface area (Å²) in [6, 6.07) is 7.72. The van der Waals surface area contributed by atoms with Crippen LogP contribution in [0.25, 0.3) is 0 Å². The molecule has 0 aliphatic rings. The molecule has 2 rings (SSSR count). The van der Waals surface area contributed by atoms with E-state index in [1.807, 2.05) is 29.6 Å². The number of benzene rings is 1. The number of rotatable bonds is 3. The van der Waals surface area contributed by atoms with Crippen LogP contribution in [0.15, 0.2) is 35.8 Å². The Labute approximate surface area is 86.6 Å². The van der Waals surface area contributed by atoms with Gasteiger partial charge in [-0.05, 0) is 12.1 Å². The van der Waals surface area contributed by atoms with Gasteiger partial charge in [0, 0.05) is 11.6 Å². The van der Waals surface area contributed by atoms with E-state index in [2.05, 4.69) is 10.3 Å². The number of nitrogens with two attached hydrogens (primary N) is 1. The summed E-state index contributed by atoms with van der Waals surface area (Å²) in [7, 11) is 0. The molecule has 0 radical (unpaired) electrons. The highest BCUT2D eigenvalue weighted by molar-refractivity contribution is 7.09. The van der Waals surface area contributed by atoms with Crippen molar-refractivity contribution in [2.75, 3.05) is 11.1 Å². The molecule has 0 aliphatic heterocycles. The number of nitrogens with one attached hydrogen (secondary N) is 1. The highest BCUT2D eigenvalue weighted by atomic mass is 32.1. The predicted octanol–water partition coefficient (Wildman–Crippen LogP) is 2.34. The average molecular weight is 205 g/mol. The molecule has 3 nitrogen and oxygen atoms in total. The summed E-state index contributed by atoms with van der Waals surface area (Å²) in [5, 5.41) is 6.27. The summed E-state index contributed by atoms with van der Waals surface area (Å²) in [5.74, 6) is 0. The maximum Gasteiger partial charge on any atom is 0.112 e. The molecule has 0 fully saturated rings. The van der Waals surface area contributed by atoms with E-state index >= 15 is 0 Å². The lowest BCUT2D eigenvalue weighted by Gasteiger charge is -2.06. The molecule has 1 heterocycles. The van der Waals surface area contributed by atoms with Gasteiger partial charge in [0.15, 0.2) is 0 Å².